The summed E-state index contributed by atoms with van der Waals surface area (Å²) >= 11 is 5.81. The van der Waals surface area contributed by atoms with Gasteiger partial charge in [-0.15, -0.1) is 0 Å². The van der Waals surface area contributed by atoms with Gasteiger partial charge in [-0.2, -0.15) is 4.31 Å². The maximum atomic E-state index is 12.7. The molecule has 10 heteroatoms. The molecule has 3 rings (SSSR count). The van der Waals surface area contributed by atoms with Crippen LogP contribution in [0, 0.1) is 6.92 Å². The maximum absolute atomic E-state index is 12.7. The van der Waals surface area contributed by atoms with E-state index in [0.717, 1.165) is 0 Å². The zero-order valence-electron chi connectivity index (χ0n) is 16.2. The molecule has 0 radical (unpaired) electrons. The van der Waals surface area contributed by atoms with Gasteiger partial charge >= 0.3 is 5.97 Å². The SMILES string of the molecule is Cc1cccc(C(=O)OCC(=O)N2CCN(S(=O)(=O)c3ccc(Cl)cc3)CC2)c1O. The van der Waals surface area contributed by atoms with Crippen LogP contribution in [0.5, 0.6) is 5.75 Å². The number of rotatable bonds is 5. The Morgan fingerprint density at radius 3 is 2.33 bits per heavy atom. The summed E-state index contributed by atoms with van der Waals surface area (Å²) < 4.78 is 31.7. The lowest BCUT2D eigenvalue weighted by atomic mass is 10.1. The Morgan fingerprint density at radius 2 is 1.70 bits per heavy atom. The molecule has 1 amide bonds. The third-order valence-corrected chi connectivity index (χ3v) is 6.99. The van der Waals surface area contributed by atoms with Crippen LogP contribution in [-0.2, 0) is 19.6 Å². The fourth-order valence-corrected chi connectivity index (χ4v) is 4.60. The van der Waals surface area contributed by atoms with Gasteiger partial charge in [0.1, 0.15) is 11.3 Å². The van der Waals surface area contributed by atoms with E-state index in [-0.39, 0.29) is 42.4 Å². The van der Waals surface area contributed by atoms with Crippen LogP contribution in [0.2, 0.25) is 5.02 Å². The molecule has 1 heterocycles. The minimum Gasteiger partial charge on any atom is -0.507 e. The summed E-state index contributed by atoms with van der Waals surface area (Å²) in [5.41, 5.74) is 0.510. The first kappa shape index (κ1) is 22.1. The van der Waals surface area contributed by atoms with E-state index in [1.807, 2.05) is 0 Å². The Hall–Kier alpha value is -2.62. The van der Waals surface area contributed by atoms with Crippen LogP contribution >= 0.6 is 11.6 Å². The van der Waals surface area contributed by atoms with Crippen molar-refractivity contribution in [3.8, 4) is 5.75 Å². The number of aromatic hydroxyl groups is 1. The number of amides is 1. The Kier molecular flexibility index (Phi) is 6.64. The summed E-state index contributed by atoms with van der Waals surface area (Å²) in [6, 6.07) is 10.6. The first-order chi connectivity index (χ1) is 14.2. The van der Waals surface area contributed by atoms with E-state index in [0.29, 0.717) is 10.6 Å². The summed E-state index contributed by atoms with van der Waals surface area (Å²) in [5.74, 6) is -1.41. The largest absolute Gasteiger partial charge is 0.507 e. The van der Waals surface area contributed by atoms with Crippen LogP contribution in [0.25, 0.3) is 0 Å². The van der Waals surface area contributed by atoms with Crippen LogP contribution in [0.15, 0.2) is 47.4 Å². The van der Waals surface area contributed by atoms with Gasteiger partial charge in [-0.1, -0.05) is 23.7 Å². The third-order valence-electron chi connectivity index (χ3n) is 4.83. The van der Waals surface area contributed by atoms with Crippen molar-refractivity contribution in [2.75, 3.05) is 32.8 Å². The summed E-state index contributed by atoms with van der Waals surface area (Å²) in [6.45, 7) is 1.77. The molecule has 2 aromatic rings. The Labute approximate surface area is 179 Å². The minimum atomic E-state index is -3.67. The lowest BCUT2D eigenvalue weighted by Crippen LogP contribution is -2.51. The number of hydrogen-bond donors (Lipinski definition) is 1. The predicted molar refractivity (Wildman–Crippen MR) is 110 cm³/mol. The lowest BCUT2D eigenvalue weighted by molar-refractivity contribution is -0.135. The number of piperazine rings is 1. The van der Waals surface area contributed by atoms with Gasteiger partial charge in [-0.25, -0.2) is 13.2 Å². The van der Waals surface area contributed by atoms with E-state index in [1.54, 1.807) is 19.1 Å². The van der Waals surface area contributed by atoms with Crippen LogP contribution in [0.4, 0.5) is 0 Å². The van der Waals surface area contributed by atoms with E-state index in [1.165, 1.54) is 39.5 Å². The predicted octanol–water partition coefficient (Wildman–Crippen LogP) is 2.04. The molecule has 8 nitrogen and oxygen atoms in total. The summed E-state index contributed by atoms with van der Waals surface area (Å²) in [7, 11) is -3.67. The van der Waals surface area contributed by atoms with Crippen molar-refractivity contribution in [3.63, 3.8) is 0 Å². The normalized spacial score (nSPS) is 15.1. The van der Waals surface area contributed by atoms with Gasteiger partial charge < -0.3 is 14.7 Å². The van der Waals surface area contributed by atoms with Crippen molar-refractivity contribution in [2.24, 2.45) is 0 Å². The molecule has 0 spiro atoms. The molecule has 0 unspecified atom stereocenters. The Morgan fingerprint density at radius 1 is 1.07 bits per heavy atom. The Bertz CT molecular complexity index is 1050. The lowest BCUT2D eigenvalue weighted by Gasteiger charge is -2.33. The Balaban J connectivity index is 1.54. The number of para-hydroxylation sites is 1. The quantitative estimate of drug-likeness (QED) is 0.696. The third kappa shape index (κ3) is 4.75. The van der Waals surface area contributed by atoms with Crippen LogP contribution in [0.1, 0.15) is 15.9 Å². The average molecular weight is 453 g/mol. The molecule has 0 aliphatic carbocycles. The second-order valence-electron chi connectivity index (χ2n) is 6.79. The van der Waals surface area contributed by atoms with Gasteiger partial charge in [-0.05, 0) is 42.8 Å². The smallest absolute Gasteiger partial charge is 0.342 e. The second-order valence-corrected chi connectivity index (χ2v) is 9.16. The molecule has 1 saturated heterocycles. The number of nitrogens with zero attached hydrogens (tertiary/aromatic N) is 2. The zero-order chi connectivity index (χ0) is 21.9. The highest BCUT2D eigenvalue weighted by Gasteiger charge is 2.30. The van der Waals surface area contributed by atoms with Crippen molar-refractivity contribution in [1.82, 2.24) is 9.21 Å². The van der Waals surface area contributed by atoms with Gasteiger partial charge in [0.15, 0.2) is 6.61 Å². The number of carbonyl (C=O) groups excluding carboxylic acids is 2. The van der Waals surface area contributed by atoms with Gasteiger partial charge in [0.05, 0.1) is 4.90 Å². The number of benzene rings is 2. The highest BCUT2D eigenvalue weighted by molar-refractivity contribution is 7.89. The molecule has 2 aromatic carbocycles. The van der Waals surface area contributed by atoms with E-state index < -0.39 is 28.5 Å². The van der Waals surface area contributed by atoms with Crippen molar-refractivity contribution in [2.45, 2.75) is 11.8 Å². The molecule has 1 N–H and O–H groups in total. The van der Waals surface area contributed by atoms with Crippen LogP contribution < -0.4 is 0 Å². The van der Waals surface area contributed by atoms with Crippen LogP contribution in [-0.4, -0.2) is 67.4 Å². The van der Waals surface area contributed by atoms with Crippen LogP contribution in [0.3, 0.4) is 0 Å². The standard InChI is InChI=1S/C20H21ClN2O6S/c1-14-3-2-4-17(19(14)25)20(26)29-13-18(24)22-9-11-23(12-10-22)30(27,28)16-7-5-15(21)6-8-16/h2-8,25H,9-13H2,1H3. The topological polar surface area (TPSA) is 104 Å². The molecule has 0 atom stereocenters. The van der Waals surface area contributed by atoms with Gasteiger partial charge in [0.2, 0.25) is 10.0 Å². The molecule has 30 heavy (non-hydrogen) atoms. The zero-order valence-corrected chi connectivity index (χ0v) is 17.8. The minimum absolute atomic E-state index is 0.0123. The van der Waals surface area contributed by atoms with Crippen molar-refractivity contribution >= 4 is 33.5 Å². The average Bonchev–Trinajstić information content (AvgIpc) is 2.74. The van der Waals surface area contributed by atoms with Crippen molar-refractivity contribution in [1.29, 1.82) is 0 Å². The monoisotopic (exact) mass is 452 g/mol. The van der Waals surface area contributed by atoms with Gasteiger partial charge in [-0.3, -0.25) is 4.79 Å². The molecule has 1 fully saturated rings. The van der Waals surface area contributed by atoms with E-state index >= 15 is 0 Å². The number of halogens is 1. The highest BCUT2D eigenvalue weighted by Crippen LogP contribution is 2.22. The molecule has 0 bridgehead atoms. The number of aryl methyl sites for hydroxylation is 1. The molecular weight excluding hydrogens is 432 g/mol. The number of ether oxygens (including phenoxy) is 1. The fraction of sp³-hybridized carbons (Fsp3) is 0.300. The summed E-state index contributed by atoms with van der Waals surface area (Å²) in [5, 5.41) is 10.4. The first-order valence-electron chi connectivity index (χ1n) is 9.19. The molecule has 0 saturated carbocycles. The number of phenols is 1. The van der Waals surface area contributed by atoms with E-state index in [9.17, 15) is 23.1 Å². The van der Waals surface area contributed by atoms with Crippen molar-refractivity contribution < 1.29 is 27.9 Å². The van der Waals surface area contributed by atoms with Gasteiger partial charge in [0.25, 0.3) is 5.91 Å². The first-order valence-corrected chi connectivity index (χ1v) is 11.0. The summed E-state index contributed by atoms with van der Waals surface area (Å²) in [4.78, 5) is 26.1. The van der Waals surface area contributed by atoms with E-state index in [2.05, 4.69) is 0 Å². The highest BCUT2D eigenvalue weighted by atomic mass is 35.5. The molecule has 160 valence electrons. The number of hydrogen-bond acceptors (Lipinski definition) is 6. The van der Waals surface area contributed by atoms with Crippen molar-refractivity contribution in [3.05, 3.63) is 58.6 Å². The number of sulfonamides is 1. The van der Waals surface area contributed by atoms with Gasteiger partial charge in [0, 0.05) is 31.2 Å². The fourth-order valence-electron chi connectivity index (χ4n) is 3.05. The molecule has 1 aliphatic heterocycles. The number of phenolic OH excluding ortho intramolecular Hbond substituents is 1. The molecule has 0 aromatic heterocycles. The molecule has 1 aliphatic rings. The summed E-state index contributed by atoms with van der Waals surface area (Å²) in [6.07, 6.45) is 0. The number of carbonyl (C=O) groups is 2. The maximum Gasteiger partial charge on any atom is 0.342 e. The van der Waals surface area contributed by atoms with E-state index in [4.69, 9.17) is 16.3 Å². The second kappa shape index (κ2) is 9.03. The number of esters is 1. The molecular formula is C20H21ClN2O6S.